The van der Waals surface area contributed by atoms with Crippen molar-refractivity contribution in [3.8, 4) is 17.6 Å². The number of carbonyl (C=O) groups is 3. The molecule has 0 N–H and O–H groups in total. The molecule has 1 aromatic rings. The standard InChI is InChI=1S/C25H29NO5/c1-4-5-17-10-16(2)22(21(11-17)30-3)23-19(27)12-25(13-20(23)28)14-26(15-25)24(29)18-6-8-31-9-7-18/h10-11,18,23H,6-9,12-15H2,1-3H3. The van der Waals surface area contributed by atoms with Crippen LogP contribution >= 0.6 is 0 Å². The van der Waals surface area contributed by atoms with Crippen molar-refractivity contribution in [1.29, 1.82) is 0 Å². The number of hydrogen-bond acceptors (Lipinski definition) is 5. The van der Waals surface area contributed by atoms with Gasteiger partial charge in [0.25, 0.3) is 0 Å². The Bertz CT molecular complexity index is 954. The molecular weight excluding hydrogens is 394 g/mol. The zero-order valence-electron chi connectivity index (χ0n) is 18.5. The summed E-state index contributed by atoms with van der Waals surface area (Å²) in [5.41, 5.74) is 1.89. The van der Waals surface area contributed by atoms with Gasteiger partial charge in [0, 0.05) is 61.6 Å². The Morgan fingerprint density at radius 2 is 1.81 bits per heavy atom. The lowest BCUT2D eigenvalue weighted by Crippen LogP contribution is -2.63. The number of benzene rings is 1. The minimum Gasteiger partial charge on any atom is -0.496 e. The molecule has 0 atom stereocenters. The Labute approximate surface area is 183 Å². The summed E-state index contributed by atoms with van der Waals surface area (Å²) in [6.45, 7) is 5.89. The molecule has 4 rings (SSSR count). The molecule has 31 heavy (non-hydrogen) atoms. The molecule has 1 aliphatic carbocycles. The minimum absolute atomic E-state index is 0.00508. The first-order valence-corrected chi connectivity index (χ1v) is 10.9. The van der Waals surface area contributed by atoms with Gasteiger partial charge < -0.3 is 14.4 Å². The van der Waals surface area contributed by atoms with Crippen molar-refractivity contribution < 1.29 is 23.9 Å². The number of likely N-dealkylation sites (tertiary alicyclic amines) is 1. The maximum Gasteiger partial charge on any atom is 0.225 e. The van der Waals surface area contributed by atoms with Crippen molar-refractivity contribution in [1.82, 2.24) is 4.90 Å². The van der Waals surface area contributed by atoms with Gasteiger partial charge in [-0.1, -0.05) is 5.92 Å². The zero-order valence-corrected chi connectivity index (χ0v) is 18.5. The summed E-state index contributed by atoms with van der Waals surface area (Å²) in [7, 11) is 1.55. The van der Waals surface area contributed by atoms with Crippen molar-refractivity contribution in [2.24, 2.45) is 11.3 Å². The van der Waals surface area contributed by atoms with Crippen LogP contribution in [0.5, 0.6) is 5.75 Å². The summed E-state index contributed by atoms with van der Waals surface area (Å²) in [5, 5.41) is 0. The van der Waals surface area contributed by atoms with E-state index in [0.29, 0.717) is 50.5 Å². The second-order valence-electron chi connectivity index (χ2n) is 9.08. The highest BCUT2D eigenvalue weighted by atomic mass is 16.5. The summed E-state index contributed by atoms with van der Waals surface area (Å²) < 4.78 is 10.9. The molecule has 1 amide bonds. The van der Waals surface area contributed by atoms with Gasteiger partial charge in [-0.05, 0) is 44.4 Å². The highest BCUT2D eigenvalue weighted by Crippen LogP contribution is 2.47. The van der Waals surface area contributed by atoms with Gasteiger partial charge in [-0.25, -0.2) is 0 Å². The lowest BCUT2D eigenvalue weighted by molar-refractivity contribution is -0.159. The molecule has 2 heterocycles. The predicted molar refractivity (Wildman–Crippen MR) is 115 cm³/mol. The Morgan fingerprint density at radius 3 is 2.39 bits per heavy atom. The van der Waals surface area contributed by atoms with E-state index in [1.54, 1.807) is 20.1 Å². The molecule has 2 aliphatic heterocycles. The van der Waals surface area contributed by atoms with Crippen LogP contribution in [0.3, 0.4) is 0 Å². The van der Waals surface area contributed by atoms with E-state index < -0.39 is 11.3 Å². The lowest BCUT2D eigenvalue weighted by Gasteiger charge is -2.53. The lowest BCUT2D eigenvalue weighted by atomic mass is 9.63. The molecule has 0 radical (unpaired) electrons. The van der Waals surface area contributed by atoms with Crippen LogP contribution in [-0.4, -0.2) is 55.8 Å². The van der Waals surface area contributed by atoms with Gasteiger partial charge in [-0.3, -0.25) is 14.4 Å². The first-order valence-electron chi connectivity index (χ1n) is 10.9. The van der Waals surface area contributed by atoms with E-state index in [-0.39, 0.29) is 23.4 Å². The molecule has 6 nitrogen and oxygen atoms in total. The maximum atomic E-state index is 13.2. The van der Waals surface area contributed by atoms with Crippen molar-refractivity contribution in [3.05, 3.63) is 28.8 Å². The van der Waals surface area contributed by atoms with E-state index in [4.69, 9.17) is 9.47 Å². The first-order chi connectivity index (χ1) is 14.9. The van der Waals surface area contributed by atoms with Crippen LogP contribution in [0.15, 0.2) is 12.1 Å². The molecule has 6 heteroatoms. The summed E-state index contributed by atoms with van der Waals surface area (Å²) in [6, 6.07) is 3.69. The number of ether oxygens (including phenoxy) is 2. The molecule has 164 valence electrons. The van der Waals surface area contributed by atoms with E-state index in [1.165, 1.54) is 0 Å². The Hall–Kier alpha value is -2.65. The molecule has 0 bridgehead atoms. The molecule has 1 aromatic carbocycles. The fraction of sp³-hybridized carbons (Fsp3) is 0.560. The Kier molecular flexibility index (Phi) is 5.90. The first kappa shape index (κ1) is 21.6. The van der Waals surface area contributed by atoms with Gasteiger partial charge >= 0.3 is 0 Å². The molecule has 0 unspecified atom stereocenters. The van der Waals surface area contributed by atoms with Gasteiger partial charge in [0.15, 0.2) is 0 Å². The van der Waals surface area contributed by atoms with Crippen LogP contribution in [0.2, 0.25) is 0 Å². The third kappa shape index (κ3) is 3.99. The number of hydrogen-bond donors (Lipinski definition) is 0. The van der Waals surface area contributed by atoms with Gasteiger partial charge in [0.1, 0.15) is 23.2 Å². The monoisotopic (exact) mass is 423 g/mol. The van der Waals surface area contributed by atoms with E-state index >= 15 is 0 Å². The summed E-state index contributed by atoms with van der Waals surface area (Å²) in [5.74, 6) is 5.59. The number of nitrogens with zero attached hydrogens (tertiary/aromatic N) is 1. The van der Waals surface area contributed by atoms with Crippen LogP contribution in [0.4, 0.5) is 0 Å². The van der Waals surface area contributed by atoms with Crippen molar-refractivity contribution >= 4 is 17.5 Å². The van der Waals surface area contributed by atoms with Crippen LogP contribution in [0, 0.1) is 30.1 Å². The number of methoxy groups -OCH3 is 1. The topological polar surface area (TPSA) is 72.9 Å². The predicted octanol–water partition coefficient (Wildman–Crippen LogP) is 2.65. The van der Waals surface area contributed by atoms with Crippen LogP contribution < -0.4 is 4.74 Å². The average molecular weight is 424 g/mol. The zero-order chi connectivity index (χ0) is 22.2. The van der Waals surface area contributed by atoms with Crippen LogP contribution in [0.1, 0.15) is 55.2 Å². The number of aryl methyl sites for hydroxylation is 1. The van der Waals surface area contributed by atoms with Gasteiger partial charge in [-0.2, -0.15) is 0 Å². The quantitative estimate of drug-likeness (QED) is 0.552. The number of rotatable bonds is 3. The fourth-order valence-electron chi connectivity index (χ4n) is 5.37. The summed E-state index contributed by atoms with van der Waals surface area (Å²) in [6.07, 6.45) is 2.14. The second-order valence-corrected chi connectivity index (χ2v) is 9.08. The molecule has 1 spiro atoms. The van der Waals surface area contributed by atoms with Crippen LogP contribution in [0.25, 0.3) is 0 Å². The number of carbonyl (C=O) groups excluding carboxylic acids is 3. The van der Waals surface area contributed by atoms with E-state index in [2.05, 4.69) is 11.8 Å². The number of amides is 1. The molecule has 3 fully saturated rings. The third-order valence-corrected chi connectivity index (χ3v) is 6.80. The highest BCUT2D eigenvalue weighted by Gasteiger charge is 2.54. The van der Waals surface area contributed by atoms with Gasteiger partial charge in [-0.15, -0.1) is 5.92 Å². The molecule has 0 aromatic heterocycles. The van der Waals surface area contributed by atoms with Crippen molar-refractivity contribution in [2.75, 3.05) is 33.4 Å². The summed E-state index contributed by atoms with van der Waals surface area (Å²) in [4.78, 5) is 41.0. The Balaban J connectivity index is 1.50. The molecule has 2 saturated heterocycles. The summed E-state index contributed by atoms with van der Waals surface area (Å²) >= 11 is 0. The highest BCUT2D eigenvalue weighted by molar-refractivity contribution is 6.11. The third-order valence-electron chi connectivity index (χ3n) is 6.80. The number of Topliss-reactive ketones (excluding diaryl/α,β-unsaturated/α-hetero) is 2. The second kappa shape index (κ2) is 8.47. The van der Waals surface area contributed by atoms with Crippen molar-refractivity contribution in [2.45, 2.75) is 45.4 Å². The van der Waals surface area contributed by atoms with E-state index in [0.717, 1.165) is 24.0 Å². The normalized spacial score (nSPS) is 21.5. The van der Waals surface area contributed by atoms with Gasteiger partial charge in [0.05, 0.1) is 7.11 Å². The van der Waals surface area contributed by atoms with Gasteiger partial charge in [0.2, 0.25) is 5.91 Å². The van der Waals surface area contributed by atoms with Crippen molar-refractivity contribution in [3.63, 3.8) is 0 Å². The fourth-order valence-corrected chi connectivity index (χ4v) is 5.37. The average Bonchev–Trinajstić information content (AvgIpc) is 2.72. The van der Waals surface area contributed by atoms with E-state index in [9.17, 15) is 14.4 Å². The van der Waals surface area contributed by atoms with Crippen LogP contribution in [-0.2, 0) is 19.1 Å². The largest absolute Gasteiger partial charge is 0.496 e. The minimum atomic E-state index is -0.801. The molecule has 1 saturated carbocycles. The number of ketones is 2. The molecular formula is C25H29NO5. The maximum absolute atomic E-state index is 13.2. The SMILES string of the molecule is CC#Cc1cc(C)c(C2C(=O)CC3(CC2=O)CN(C(=O)C2CCOCC2)C3)c(OC)c1. The molecule has 3 aliphatic rings. The van der Waals surface area contributed by atoms with E-state index in [1.807, 2.05) is 17.9 Å². The Morgan fingerprint density at radius 1 is 1.16 bits per heavy atom. The smallest absolute Gasteiger partial charge is 0.225 e.